The molecule has 2 aliphatic heterocycles. The molecule has 4 aromatic rings. The van der Waals surface area contributed by atoms with Crippen molar-refractivity contribution in [3.63, 3.8) is 0 Å². The molecule has 2 aliphatic rings. The Labute approximate surface area is 244 Å². The molecule has 43 heavy (non-hydrogen) atoms. The normalized spacial score (nSPS) is 20.8. The lowest BCUT2D eigenvalue weighted by Crippen LogP contribution is -2.46. The number of rotatable bonds is 8. The summed E-state index contributed by atoms with van der Waals surface area (Å²) >= 11 is 0. The van der Waals surface area contributed by atoms with E-state index >= 15 is 0 Å². The molecule has 2 atom stereocenters. The van der Waals surface area contributed by atoms with Crippen LogP contribution in [-0.2, 0) is 23.4 Å². The van der Waals surface area contributed by atoms with Gasteiger partial charge in [0.25, 0.3) is 5.91 Å². The zero-order valence-electron chi connectivity index (χ0n) is 23.6. The molecule has 0 unspecified atom stereocenters. The van der Waals surface area contributed by atoms with Crippen LogP contribution in [0.5, 0.6) is 0 Å². The van der Waals surface area contributed by atoms with Gasteiger partial charge in [-0.05, 0) is 57.0 Å². The maximum Gasteiger partial charge on any atom is 0.406 e. The van der Waals surface area contributed by atoms with E-state index in [2.05, 4.69) is 33.0 Å². The van der Waals surface area contributed by atoms with Crippen LogP contribution in [0.3, 0.4) is 0 Å². The maximum absolute atomic E-state index is 14.5. The number of carbonyl (C=O) groups is 1. The van der Waals surface area contributed by atoms with Crippen molar-refractivity contribution in [3.05, 3.63) is 54.2 Å². The van der Waals surface area contributed by atoms with Gasteiger partial charge >= 0.3 is 6.18 Å². The molecule has 230 valence electrons. The van der Waals surface area contributed by atoms with Gasteiger partial charge in [0.1, 0.15) is 12.7 Å². The number of nitrogens with zero attached hydrogens (tertiary/aromatic N) is 4. The molecule has 0 spiro atoms. The number of anilines is 1. The fraction of sp³-hybridized carbons (Fsp3) is 0.483. The van der Waals surface area contributed by atoms with Crippen molar-refractivity contribution >= 4 is 22.5 Å². The number of aromatic nitrogens is 4. The fourth-order valence-electron chi connectivity index (χ4n) is 5.74. The zero-order chi connectivity index (χ0) is 30.2. The smallest absolute Gasteiger partial charge is 0.381 e. The number of amides is 1. The quantitative estimate of drug-likeness (QED) is 0.252. The molecular weight excluding hydrogens is 570 g/mol. The van der Waals surface area contributed by atoms with Gasteiger partial charge in [0.15, 0.2) is 0 Å². The lowest BCUT2D eigenvalue weighted by molar-refractivity contribution is -0.139. The maximum atomic E-state index is 14.5. The molecule has 10 nitrogen and oxygen atoms in total. The molecule has 1 aromatic carbocycles. The van der Waals surface area contributed by atoms with Crippen LogP contribution in [0.4, 0.5) is 23.2 Å². The van der Waals surface area contributed by atoms with Gasteiger partial charge in [-0.25, -0.2) is 4.39 Å². The molecule has 0 bridgehead atoms. The van der Waals surface area contributed by atoms with Crippen LogP contribution < -0.4 is 16.0 Å². The number of piperidine rings is 1. The average molecular weight is 604 g/mol. The number of hydrogen-bond donors (Lipinski definition) is 3. The number of carbonyl (C=O) groups excluding carboxylic acids is 1. The Hall–Kier alpha value is -3.91. The molecule has 6 rings (SSSR count). The highest BCUT2D eigenvalue weighted by Gasteiger charge is 2.32. The second kappa shape index (κ2) is 11.6. The van der Waals surface area contributed by atoms with Gasteiger partial charge in [0, 0.05) is 48.8 Å². The third kappa shape index (κ3) is 6.25. The summed E-state index contributed by atoms with van der Waals surface area (Å²) < 4.78 is 69.4. The summed E-state index contributed by atoms with van der Waals surface area (Å²) in [5, 5.41) is 13.4. The highest BCUT2D eigenvalue weighted by atomic mass is 19.4. The van der Waals surface area contributed by atoms with Crippen molar-refractivity contribution in [2.45, 2.75) is 63.2 Å². The van der Waals surface area contributed by atoms with Crippen molar-refractivity contribution in [3.8, 4) is 11.5 Å². The Bertz CT molecular complexity index is 1590. The van der Waals surface area contributed by atoms with Gasteiger partial charge in [0.2, 0.25) is 11.7 Å². The first kappa shape index (κ1) is 29.2. The van der Waals surface area contributed by atoms with E-state index in [0.717, 1.165) is 17.4 Å². The minimum Gasteiger partial charge on any atom is -0.381 e. The topological polar surface area (TPSA) is 111 Å². The van der Waals surface area contributed by atoms with Crippen LogP contribution in [-0.4, -0.2) is 69.9 Å². The monoisotopic (exact) mass is 603 g/mol. The number of ether oxygens (including phenoxy) is 1. The minimum absolute atomic E-state index is 0.0369. The van der Waals surface area contributed by atoms with Crippen molar-refractivity contribution < 1.29 is 31.6 Å². The van der Waals surface area contributed by atoms with Crippen LogP contribution in [0.25, 0.3) is 22.4 Å². The average Bonchev–Trinajstić information content (AvgIpc) is 3.73. The number of benzene rings is 1. The van der Waals surface area contributed by atoms with Gasteiger partial charge in [-0.1, -0.05) is 11.2 Å². The predicted molar refractivity (Wildman–Crippen MR) is 150 cm³/mol. The van der Waals surface area contributed by atoms with E-state index in [1.165, 1.54) is 0 Å². The summed E-state index contributed by atoms with van der Waals surface area (Å²) in [6.07, 6.45) is 0.0551. The number of nitrogens with one attached hydrogen (secondary N) is 3. The molecule has 0 saturated carbocycles. The Balaban J connectivity index is 1.21. The second-order valence-electron chi connectivity index (χ2n) is 11.3. The van der Waals surface area contributed by atoms with E-state index in [-0.39, 0.29) is 35.4 Å². The van der Waals surface area contributed by atoms with Crippen molar-refractivity contribution in [2.24, 2.45) is 0 Å². The molecule has 0 aliphatic carbocycles. The Morgan fingerprint density at radius 1 is 1.23 bits per heavy atom. The van der Waals surface area contributed by atoms with Crippen LogP contribution in [0.1, 0.15) is 42.4 Å². The summed E-state index contributed by atoms with van der Waals surface area (Å²) in [4.78, 5) is 17.1. The molecule has 0 radical (unpaired) electrons. The number of hydrogen-bond acceptors (Lipinski definition) is 7. The van der Waals surface area contributed by atoms with Crippen LogP contribution in [0.15, 0.2) is 47.2 Å². The zero-order valence-corrected chi connectivity index (χ0v) is 23.6. The van der Waals surface area contributed by atoms with E-state index in [1.54, 1.807) is 36.5 Å². The van der Waals surface area contributed by atoms with Crippen LogP contribution >= 0.6 is 0 Å². The van der Waals surface area contributed by atoms with Gasteiger partial charge in [0.05, 0.1) is 29.4 Å². The summed E-state index contributed by atoms with van der Waals surface area (Å²) in [6, 6.07) is 7.64. The van der Waals surface area contributed by atoms with Gasteiger partial charge < -0.3 is 34.3 Å². The van der Waals surface area contributed by atoms with Gasteiger partial charge in [-0.2, -0.15) is 18.2 Å². The number of fused-ring (bicyclic) bond motifs is 1. The third-order valence-electron chi connectivity index (χ3n) is 8.27. The summed E-state index contributed by atoms with van der Waals surface area (Å²) in [5.41, 5.74) is 1.21. The van der Waals surface area contributed by atoms with E-state index in [1.807, 2.05) is 10.8 Å². The van der Waals surface area contributed by atoms with Crippen molar-refractivity contribution in [2.75, 3.05) is 31.6 Å². The first-order chi connectivity index (χ1) is 20.6. The first-order valence-electron chi connectivity index (χ1n) is 14.3. The van der Waals surface area contributed by atoms with Crippen molar-refractivity contribution in [1.29, 1.82) is 0 Å². The van der Waals surface area contributed by atoms with E-state index < -0.39 is 24.9 Å². The molecule has 14 heteroatoms. The molecule has 2 fully saturated rings. The fourth-order valence-corrected chi connectivity index (χ4v) is 5.74. The third-order valence-corrected chi connectivity index (χ3v) is 8.27. The summed E-state index contributed by atoms with van der Waals surface area (Å²) in [5.74, 6) is -0.369. The number of halogens is 4. The molecule has 5 heterocycles. The Morgan fingerprint density at radius 3 is 2.81 bits per heavy atom. The molecule has 2 saturated heterocycles. The van der Waals surface area contributed by atoms with Crippen molar-refractivity contribution in [1.82, 2.24) is 29.9 Å². The summed E-state index contributed by atoms with van der Waals surface area (Å²) in [7, 11) is 0. The summed E-state index contributed by atoms with van der Waals surface area (Å²) in [6.45, 7) is 3.01. The highest BCUT2D eigenvalue weighted by molar-refractivity contribution is 5.96. The SMILES string of the molecule is CC1(n2ccc(C(=O)NCc3nc(-c4cc5c(N[C@@H]6CNCC[C@@H]6F)cccc5n4CC(F)(F)F)no3)c2)CCOCC1. The van der Waals surface area contributed by atoms with E-state index in [9.17, 15) is 22.4 Å². The van der Waals surface area contributed by atoms with Gasteiger partial charge in [-0.3, -0.25) is 4.79 Å². The lowest BCUT2D eigenvalue weighted by Gasteiger charge is -2.35. The van der Waals surface area contributed by atoms with E-state index in [4.69, 9.17) is 9.26 Å². The second-order valence-corrected chi connectivity index (χ2v) is 11.3. The molecular formula is C29H33F4N7O3. The number of alkyl halides is 4. The minimum atomic E-state index is -4.53. The Morgan fingerprint density at radius 2 is 2.05 bits per heavy atom. The lowest BCUT2D eigenvalue weighted by atomic mass is 9.92. The molecule has 3 N–H and O–H groups in total. The Kier molecular flexibility index (Phi) is 7.90. The molecule has 1 amide bonds. The predicted octanol–water partition coefficient (Wildman–Crippen LogP) is 4.62. The van der Waals surface area contributed by atoms with Crippen LogP contribution in [0, 0.1) is 0 Å². The standard InChI is InChI=1S/C29H33F4N7O3/c1-28(7-11-42-12-8-28)39-10-6-18(16-39)27(41)35-15-25-37-26(38-43-25)24-13-19-21(36-22-14-34-9-5-20(22)30)3-2-4-23(19)40(24)17-29(31,32)33/h2-4,6,10,13,16,20,22,34,36H,5,7-9,11-12,14-15,17H2,1H3,(H,35,41)/t20-,22+/m0/s1. The largest absolute Gasteiger partial charge is 0.406 e. The van der Waals surface area contributed by atoms with Crippen LogP contribution in [0.2, 0.25) is 0 Å². The highest BCUT2D eigenvalue weighted by Crippen LogP contribution is 2.35. The van der Waals surface area contributed by atoms with E-state index in [0.29, 0.717) is 54.9 Å². The first-order valence-corrected chi connectivity index (χ1v) is 14.3. The van der Waals surface area contributed by atoms with Gasteiger partial charge in [-0.15, -0.1) is 0 Å². The molecule has 3 aromatic heterocycles.